The van der Waals surface area contributed by atoms with Gasteiger partial charge in [-0.2, -0.15) is 0 Å². The molecule has 0 spiro atoms. The van der Waals surface area contributed by atoms with Gasteiger partial charge < -0.3 is 11.1 Å². The maximum absolute atomic E-state index is 13.4. The molecule has 2 fully saturated rings. The highest BCUT2D eigenvalue weighted by atomic mass is 79.9. The van der Waals surface area contributed by atoms with E-state index in [9.17, 15) is 9.18 Å². The molecule has 0 bridgehead atoms. The topological polar surface area (TPSA) is 58.4 Å². The minimum absolute atomic E-state index is 0.00550. The number of nitrogens with one attached hydrogen (secondary N) is 1. The Kier molecular flexibility index (Phi) is 4.17. The minimum atomic E-state index is -0.516. The third kappa shape index (κ3) is 2.92. The number of halogens is 2. The maximum atomic E-state index is 13.4. The lowest BCUT2D eigenvalue weighted by molar-refractivity contribution is 0.0914. The van der Waals surface area contributed by atoms with Crippen LogP contribution in [-0.2, 0) is 0 Å². The van der Waals surface area contributed by atoms with Crippen LogP contribution in [-0.4, -0.2) is 36.0 Å². The first kappa shape index (κ1) is 14.8. The van der Waals surface area contributed by atoms with Crippen LogP contribution in [0.5, 0.6) is 0 Å². The number of carbonyl (C=O) groups is 1. The number of nitrogens with two attached hydrogens (primary N) is 1. The van der Waals surface area contributed by atoms with Crippen LogP contribution in [0, 0.1) is 5.82 Å². The second kappa shape index (κ2) is 5.93. The summed E-state index contributed by atoms with van der Waals surface area (Å²) in [6, 6.07) is 3.25. The van der Waals surface area contributed by atoms with E-state index in [1.807, 2.05) is 0 Å². The molecule has 0 radical (unpaired) electrons. The van der Waals surface area contributed by atoms with Gasteiger partial charge in [0.05, 0.1) is 11.3 Å². The van der Waals surface area contributed by atoms with Gasteiger partial charge in [0.2, 0.25) is 0 Å². The van der Waals surface area contributed by atoms with Crippen LogP contribution < -0.4 is 11.1 Å². The molecule has 4 nitrogen and oxygen atoms in total. The molecule has 1 aromatic rings. The third-order valence-corrected chi connectivity index (χ3v) is 5.16. The van der Waals surface area contributed by atoms with Crippen molar-refractivity contribution in [3.8, 4) is 0 Å². The van der Waals surface area contributed by atoms with Gasteiger partial charge in [0.1, 0.15) is 5.82 Å². The Morgan fingerprint density at radius 1 is 1.33 bits per heavy atom. The van der Waals surface area contributed by atoms with Crippen LogP contribution in [0.3, 0.4) is 0 Å². The molecule has 2 heterocycles. The fourth-order valence-corrected chi connectivity index (χ4v) is 3.90. The van der Waals surface area contributed by atoms with E-state index >= 15 is 0 Å². The number of nitrogen functional groups attached to an aromatic ring is 1. The van der Waals surface area contributed by atoms with E-state index in [4.69, 9.17) is 5.73 Å². The second-order valence-electron chi connectivity index (χ2n) is 5.82. The highest BCUT2D eigenvalue weighted by molar-refractivity contribution is 9.10. The molecule has 0 saturated carbocycles. The van der Waals surface area contributed by atoms with E-state index in [-0.39, 0.29) is 17.6 Å². The zero-order chi connectivity index (χ0) is 15.0. The molecular formula is C15H19BrFN3O. The number of anilines is 1. The van der Waals surface area contributed by atoms with Crippen LogP contribution in [0.4, 0.5) is 10.1 Å². The molecule has 0 aromatic heterocycles. The van der Waals surface area contributed by atoms with Crippen molar-refractivity contribution in [2.24, 2.45) is 0 Å². The Balaban J connectivity index is 1.73. The standard InChI is InChI=1S/C15H19BrFN3O/c16-10-8-11(17)12(18)7-9(10)15(21)19-13-4-6-20-5-2-1-3-14(13)20/h7-8,13-14H,1-6,18H2,(H,19,21). The molecule has 0 aliphatic carbocycles. The van der Waals surface area contributed by atoms with E-state index in [1.165, 1.54) is 25.0 Å². The van der Waals surface area contributed by atoms with Crippen molar-refractivity contribution in [3.05, 3.63) is 28.0 Å². The van der Waals surface area contributed by atoms with E-state index in [1.54, 1.807) is 0 Å². The minimum Gasteiger partial charge on any atom is -0.396 e. The number of fused-ring (bicyclic) bond motifs is 1. The SMILES string of the molecule is Nc1cc(C(=O)NC2CCN3CCCCC23)c(Br)cc1F. The predicted octanol–water partition coefficient (Wildman–Crippen LogP) is 2.53. The highest BCUT2D eigenvalue weighted by Crippen LogP contribution is 2.28. The molecule has 21 heavy (non-hydrogen) atoms. The number of amides is 1. The zero-order valence-electron chi connectivity index (χ0n) is 11.7. The summed E-state index contributed by atoms with van der Waals surface area (Å²) in [6.07, 6.45) is 4.58. The van der Waals surface area contributed by atoms with Crippen molar-refractivity contribution in [1.29, 1.82) is 0 Å². The van der Waals surface area contributed by atoms with E-state index < -0.39 is 5.82 Å². The molecule has 114 valence electrons. The van der Waals surface area contributed by atoms with Crippen LogP contribution in [0.1, 0.15) is 36.0 Å². The number of hydrogen-bond acceptors (Lipinski definition) is 3. The van der Waals surface area contributed by atoms with Crippen molar-refractivity contribution in [3.63, 3.8) is 0 Å². The van der Waals surface area contributed by atoms with E-state index in [2.05, 4.69) is 26.1 Å². The Hall–Kier alpha value is -1.14. The maximum Gasteiger partial charge on any atom is 0.252 e. The molecule has 2 aliphatic rings. The van der Waals surface area contributed by atoms with E-state index in [0.717, 1.165) is 25.9 Å². The van der Waals surface area contributed by atoms with Crippen molar-refractivity contribution in [1.82, 2.24) is 10.2 Å². The van der Waals surface area contributed by atoms with Gasteiger partial charge in [-0.15, -0.1) is 0 Å². The predicted molar refractivity (Wildman–Crippen MR) is 83.6 cm³/mol. The average molecular weight is 356 g/mol. The average Bonchev–Trinajstić information content (AvgIpc) is 2.86. The van der Waals surface area contributed by atoms with Gasteiger partial charge in [0, 0.05) is 23.1 Å². The molecule has 6 heteroatoms. The van der Waals surface area contributed by atoms with Crippen LogP contribution >= 0.6 is 15.9 Å². The fourth-order valence-electron chi connectivity index (χ4n) is 3.40. The van der Waals surface area contributed by atoms with Gasteiger partial charge in [-0.25, -0.2) is 4.39 Å². The van der Waals surface area contributed by atoms with E-state index in [0.29, 0.717) is 16.1 Å². The summed E-state index contributed by atoms with van der Waals surface area (Å²) in [7, 11) is 0. The molecule has 3 rings (SSSR count). The number of piperidine rings is 1. The number of hydrogen-bond donors (Lipinski definition) is 2. The van der Waals surface area contributed by atoms with Crippen molar-refractivity contribution < 1.29 is 9.18 Å². The van der Waals surface area contributed by atoms with Crippen LogP contribution in [0.2, 0.25) is 0 Å². The highest BCUT2D eigenvalue weighted by Gasteiger charge is 2.36. The van der Waals surface area contributed by atoms with Crippen molar-refractivity contribution in [2.75, 3.05) is 18.8 Å². The lowest BCUT2D eigenvalue weighted by Crippen LogP contribution is -2.46. The number of benzene rings is 1. The smallest absolute Gasteiger partial charge is 0.252 e. The Labute approximate surface area is 132 Å². The summed E-state index contributed by atoms with van der Waals surface area (Å²) in [5.41, 5.74) is 5.94. The molecule has 2 saturated heterocycles. The van der Waals surface area contributed by atoms with Crippen LogP contribution in [0.15, 0.2) is 16.6 Å². The molecule has 1 amide bonds. The first-order valence-corrected chi connectivity index (χ1v) is 8.15. The summed E-state index contributed by atoms with van der Waals surface area (Å²) in [6.45, 7) is 2.17. The lowest BCUT2D eigenvalue weighted by Gasteiger charge is -2.32. The second-order valence-corrected chi connectivity index (χ2v) is 6.68. The van der Waals surface area contributed by atoms with Crippen molar-refractivity contribution in [2.45, 2.75) is 37.8 Å². The Morgan fingerprint density at radius 3 is 2.95 bits per heavy atom. The molecule has 1 aromatic carbocycles. The number of carbonyl (C=O) groups excluding carboxylic acids is 1. The fraction of sp³-hybridized carbons (Fsp3) is 0.533. The first-order valence-electron chi connectivity index (χ1n) is 7.35. The number of rotatable bonds is 2. The first-order chi connectivity index (χ1) is 10.1. The van der Waals surface area contributed by atoms with Gasteiger partial charge >= 0.3 is 0 Å². The summed E-state index contributed by atoms with van der Waals surface area (Å²) in [5, 5.41) is 3.09. The van der Waals surface area contributed by atoms with Gasteiger partial charge in [0.25, 0.3) is 5.91 Å². The molecular weight excluding hydrogens is 337 g/mol. The number of nitrogens with zero attached hydrogens (tertiary/aromatic N) is 1. The molecule has 2 aliphatic heterocycles. The summed E-state index contributed by atoms with van der Waals surface area (Å²) in [5.74, 6) is -0.705. The van der Waals surface area contributed by atoms with Gasteiger partial charge in [-0.1, -0.05) is 6.42 Å². The summed E-state index contributed by atoms with van der Waals surface area (Å²) in [4.78, 5) is 14.9. The molecule has 2 unspecified atom stereocenters. The van der Waals surface area contributed by atoms with Crippen LogP contribution in [0.25, 0.3) is 0 Å². The largest absolute Gasteiger partial charge is 0.396 e. The monoisotopic (exact) mass is 355 g/mol. The quantitative estimate of drug-likeness (QED) is 0.801. The zero-order valence-corrected chi connectivity index (χ0v) is 13.3. The van der Waals surface area contributed by atoms with Gasteiger partial charge in [-0.05, 0) is 53.9 Å². The van der Waals surface area contributed by atoms with Crippen molar-refractivity contribution >= 4 is 27.5 Å². The summed E-state index contributed by atoms with van der Waals surface area (Å²) < 4.78 is 13.8. The van der Waals surface area contributed by atoms with Gasteiger partial charge in [0.15, 0.2) is 0 Å². The lowest BCUT2D eigenvalue weighted by atomic mass is 9.99. The Bertz CT molecular complexity index is 566. The van der Waals surface area contributed by atoms with Gasteiger partial charge in [-0.3, -0.25) is 9.69 Å². The third-order valence-electron chi connectivity index (χ3n) is 4.50. The molecule has 2 atom stereocenters. The normalized spacial score (nSPS) is 25.6. The molecule has 3 N–H and O–H groups in total. The Morgan fingerprint density at radius 2 is 2.14 bits per heavy atom. The summed E-state index contributed by atoms with van der Waals surface area (Å²) >= 11 is 3.23.